The van der Waals surface area contributed by atoms with Gasteiger partial charge < -0.3 is 10.1 Å². The Balaban J connectivity index is 0.000000298. The predicted molar refractivity (Wildman–Crippen MR) is 104 cm³/mol. The summed E-state index contributed by atoms with van der Waals surface area (Å²) in [6.45, 7) is 0.739. The first-order chi connectivity index (χ1) is 13.8. The minimum atomic E-state index is -5.08. The van der Waals surface area contributed by atoms with Crippen molar-refractivity contribution in [2.24, 2.45) is 0 Å². The van der Waals surface area contributed by atoms with Gasteiger partial charge in [-0.05, 0) is 29.3 Å². The normalized spacial score (nSPS) is 11.2. The first-order valence-corrected chi connectivity index (χ1v) is 9.03. The molecule has 0 radical (unpaired) electrons. The smallest absolute Gasteiger partial charge is 0.475 e. The molecule has 0 saturated heterocycles. The Labute approximate surface area is 171 Å². The van der Waals surface area contributed by atoms with Gasteiger partial charge in [-0.25, -0.2) is 9.78 Å². The highest BCUT2D eigenvalue weighted by Gasteiger charge is 2.38. The van der Waals surface area contributed by atoms with Crippen LogP contribution in [-0.2, 0) is 11.3 Å². The highest BCUT2D eigenvalue weighted by Crippen LogP contribution is 2.27. The van der Waals surface area contributed by atoms with Crippen molar-refractivity contribution in [3.8, 4) is 11.1 Å². The Kier molecular flexibility index (Phi) is 6.02. The Morgan fingerprint density at radius 1 is 1.21 bits per heavy atom. The van der Waals surface area contributed by atoms with Crippen molar-refractivity contribution in [3.05, 3.63) is 71.2 Å². The van der Waals surface area contributed by atoms with E-state index in [0.29, 0.717) is 0 Å². The van der Waals surface area contributed by atoms with Gasteiger partial charge in [-0.15, -0.1) is 0 Å². The average molecular weight is 467 g/mol. The molecule has 3 heterocycles. The molecule has 150 valence electrons. The number of benzene rings is 1. The Hall–Kier alpha value is -3.14. The molecule has 1 aromatic carbocycles. The monoisotopic (exact) mass is 466 g/mol. The van der Waals surface area contributed by atoms with Gasteiger partial charge in [-0.2, -0.15) is 18.3 Å². The number of H-pyrrole nitrogens is 1. The molecule has 0 bridgehead atoms. The number of carboxylic acids is 1. The van der Waals surface area contributed by atoms with E-state index >= 15 is 0 Å². The van der Waals surface area contributed by atoms with Crippen molar-refractivity contribution < 1.29 is 23.1 Å². The molecule has 0 unspecified atom stereocenters. The van der Waals surface area contributed by atoms with Crippen molar-refractivity contribution in [3.63, 3.8) is 0 Å². The Morgan fingerprint density at radius 3 is 2.62 bits per heavy atom. The van der Waals surface area contributed by atoms with Crippen molar-refractivity contribution in [2.75, 3.05) is 0 Å². The number of alkyl halides is 3. The maximum absolute atomic E-state index is 10.6. The summed E-state index contributed by atoms with van der Waals surface area (Å²) in [5, 5.41) is 12.7. The number of rotatable bonds is 3. The maximum Gasteiger partial charge on any atom is 0.490 e. The summed E-state index contributed by atoms with van der Waals surface area (Å²) < 4.78 is 34.8. The van der Waals surface area contributed by atoms with E-state index in [1.54, 1.807) is 0 Å². The Bertz CT molecular complexity index is 1140. The van der Waals surface area contributed by atoms with Crippen LogP contribution in [0.4, 0.5) is 13.2 Å². The van der Waals surface area contributed by atoms with E-state index in [1.807, 2.05) is 53.6 Å². The van der Waals surface area contributed by atoms with Crippen molar-refractivity contribution >= 4 is 32.9 Å². The number of nitrogens with zero attached hydrogens (tertiary/aromatic N) is 3. The Morgan fingerprint density at radius 2 is 1.93 bits per heavy atom. The van der Waals surface area contributed by atoms with E-state index in [9.17, 15) is 13.2 Å². The summed E-state index contributed by atoms with van der Waals surface area (Å²) >= 11 is 3.58. The van der Waals surface area contributed by atoms with Gasteiger partial charge in [0, 0.05) is 34.0 Å². The first-order valence-electron chi connectivity index (χ1n) is 8.24. The third-order valence-corrected chi connectivity index (χ3v) is 4.71. The third kappa shape index (κ3) is 5.02. The topological polar surface area (TPSA) is 83.8 Å². The molecular formula is C19H14BrF3N4O2. The molecule has 0 saturated carbocycles. The SMILES string of the molecule is Brc1ccccc1Cn1cc(-c2ccnc3[nH]ccc23)cn1.O=C(O)C(F)(F)F. The van der Waals surface area contributed by atoms with Gasteiger partial charge in [0.2, 0.25) is 0 Å². The average Bonchev–Trinajstić information content (AvgIpc) is 3.32. The molecule has 2 N–H and O–H groups in total. The highest BCUT2D eigenvalue weighted by molar-refractivity contribution is 9.10. The predicted octanol–water partition coefficient (Wildman–Crippen LogP) is 4.87. The largest absolute Gasteiger partial charge is 0.490 e. The number of halogens is 4. The fourth-order valence-corrected chi connectivity index (χ4v) is 3.01. The summed E-state index contributed by atoms with van der Waals surface area (Å²) in [5.74, 6) is -2.76. The van der Waals surface area contributed by atoms with E-state index in [0.717, 1.165) is 33.2 Å². The lowest BCUT2D eigenvalue weighted by atomic mass is 10.1. The van der Waals surface area contributed by atoms with Crippen LogP contribution in [0.5, 0.6) is 0 Å². The second kappa shape index (κ2) is 8.48. The second-order valence-electron chi connectivity index (χ2n) is 5.92. The van der Waals surface area contributed by atoms with Gasteiger partial charge in [-0.1, -0.05) is 34.1 Å². The zero-order valence-corrected chi connectivity index (χ0v) is 16.3. The maximum atomic E-state index is 10.6. The molecule has 3 aromatic heterocycles. The van der Waals surface area contributed by atoms with Crippen LogP contribution in [0, 0.1) is 0 Å². The molecule has 0 aliphatic heterocycles. The number of pyridine rings is 1. The van der Waals surface area contributed by atoms with Crippen LogP contribution >= 0.6 is 15.9 Å². The van der Waals surface area contributed by atoms with E-state index in [1.165, 1.54) is 5.56 Å². The van der Waals surface area contributed by atoms with Gasteiger partial charge in [0.25, 0.3) is 0 Å². The van der Waals surface area contributed by atoms with Crippen LogP contribution in [0.3, 0.4) is 0 Å². The lowest BCUT2D eigenvalue weighted by Crippen LogP contribution is -2.21. The number of fused-ring (bicyclic) bond motifs is 1. The number of aromatic nitrogens is 4. The van der Waals surface area contributed by atoms with Crippen molar-refractivity contribution in [1.29, 1.82) is 0 Å². The lowest BCUT2D eigenvalue weighted by Gasteiger charge is -2.04. The molecule has 10 heteroatoms. The van der Waals surface area contributed by atoms with Gasteiger partial charge >= 0.3 is 12.1 Å². The van der Waals surface area contributed by atoms with Gasteiger partial charge in [-0.3, -0.25) is 4.68 Å². The van der Waals surface area contributed by atoms with E-state index in [4.69, 9.17) is 9.90 Å². The summed E-state index contributed by atoms with van der Waals surface area (Å²) in [6, 6.07) is 12.3. The van der Waals surface area contributed by atoms with Crippen LogP contribution in [0.15, 0.2) is 65.7 Å². The standard InChI is InChI=1S/C17H13BrN4.C2HF3O2/c18-16-4-2-1-3-12(16)10-22-11-13(9-21-22)14-5-7-19-17-15(14)6-8-20-17;3-2(4,5)1(6)7/h1-9,11H,10H2,(H,19,20);(H,6,7). The number of carboxylic acid groups (broad SMARTS) is 1. The fraction of sp³-hybridized carbons (Fsp3) is 0.105. The second-order valence-corrected chi connectivity index (χ2v) is 6.77. The number of carbonyl (C=O) groups is 1. The number of hydrogen-bond donors (Lipinski definition) is 2. The van der Waals surface area contributed by atoms with Crippen LogP contribution in [-0.4, -0.2) is 37.0 Å². The van der Waals surface area contributed by atoms with Crippen LogP contribution in [0.2, 0.25) is 0 Å². The number of nitrogens with one attached hydrogen (secondary N) is 1. The molecule has 6 nitrogen and oxygen atoms in total. The molecule has 0 aliphatic carbocycles. The molecule has 0 fully saturated rings. The molecule has 29 heavy (non-hydrogen) atoms. The third-order valence-electron chi connectivity index (χ3n) is 3.94. The quantitative estimate of drug-likeness (QED) is 0.451. The number of aliphatic carboxylic acids is 1. The first kappa shape index (κ1) is 20.6. The van der Waals surface area contributed by atoms with Crippen LogP contribution < -0.4 is 0 Å². The summed E-state index contributed by atoms with van der Waals surface area (Å²) in [4.78, 5) is 16.4. The van der Waals surface area contributed by atoms with Gasteiger partial charge in [0.1, 0.15) is 5.65 Å². The zero-order valence-electron chi connectivity index (χ0n) is 14.7. The summed E-state index contributed by atoms with van der Waals surface area (Å²) in [5.41, 5.74) is 4.35. The molecule has 0 spiro atoms. The molecule has 0 amide bonds. The number of aromatic amines is 1. The minimum absolute atomic E-state index is 0.739. The van der Waals surface area contributed by atoms with E-state index in [2.05, 4.69) is 43.3 Å². The fourth-order valence-electron chi connectivity index (χ4n) is 2.60. The van der Waals surface area contributed by atoms with Crippen LogP contribution in [0.25, 0.3) is 22.2 Å². The minimum Gasteiger partial charge on any atom is -0.475 e. The molecule has 4 rings (SSSR count). The van der Waals surface area contributed by atoms with Crippen LogP contribution in [0.1, 0.15) is 5.56 Å². The molecular weight excluding hydrogens is 453 g/mol. The van der Waals surface area contributed by atoms with E-state index < -0.39 is 12.1 Å². The van der Waals surface area contributed by atoms with Crippen molar-refractivity contribution in [1.82, 2.24) is 19.7 Å². The highest BCUT2D eigenvalue weighted by atomic mass is 79.9. The summed E-state index contributed by atoms with van der Waals surface area (Å²) in [6.07, 6.45) is 2.62. The lowest BCUT2D eigenvalue weighted by molar-refractivity contribution is -0.192. The summed E-state index contributed by atoms with van der Waals surface area (Å²) in [7, 11) is 0. The molecule has 4 aromatic rings. The van der Waals surface area contributed by atoms with E-state index in [-0.39, 0.29) is 0 Å². The molecule has 0 atom stereocenters. The van der Waals surface area contributed by atoms with Gasteiger partial charge in [0.05, 0.1) is 12.7 Å². The zero-order chi connectivity index (χ0) is 21.0. The van der Waals surface area contributed by atoms with Crippen molar-refractivity contribution in [2.45, 2.75) is 12.7 Å². The van der Waals surface area contributed by atoms with Gasteiger partial charge in [0.15, 0.2) is 0 Å². The number of hydrogen-bond acceptors (Lipinski definition) is 3. The molecule has 0 aliphatic rings.